The summed E-state index contributed by atoms with van der Waals surface area (Å²) in [6.07, 6.45) is 0. The fourth-order valence-corrected chi connectivity index (χ4v) is 12.6. The Balaban J connectivity index is 1.30. The lowest BCUT2D eigenvalue weighted by Crippen LogP contribution is -2.16. The van der Waals surface area contributed by atoms with Gasteiger partial charge in [0.25, 0.3) is 0 Å². The molecule has 13 rings (SSSR count). The van der Waals surface area contributed by atoms with Crippen LogP contribution in [0.25, 0.3) is 121 Å². The normalized spacial score (nSPS) is 13.2. The van der Waals surface area contributed by atoms with Crippen LogP contribution in [-0.2, 0) is 21.7 Å². The Labute approximate surface area is 465 Å². The van der Waals surface area contributed by atoms with Gasteiger partial charge in [-0.05, 0) is 90.4 Å². The van der Waals surface area contributed by atoms with E-state index in [2.05, 4.69) is 128 Å². The highest BCUT2D eigenvalue weighted by Crippen LogP contribution is 2.55. The first-order chi connectivity index (χ1) is 38.4. The van der Waals surface area contributed by atoms with Gasteiger partial charge in [0, 0.05) is 54.2 Å². The van der Waals surface area contributed by atoms with Crippen molar-refractivity contribution in [2.75, 3.05) is 0 Å². The first-order valence-electron chi connectivity index (χ1n) is 27.2. The van der Waals surface area contributed by atoms with Gasteiger partial charge >= 0.3 is 0 Å². The van der Waals surface area contributed by atoms with E-state index < -0.39 is 69.3 Å². The quantitative estimate of drug-likeness (QED) is 0.0943. The van der Waals surface area contributed by atoms with Crippen LogP contribution in [-0.4, -0.2) is 8.80 Å². The molecule has 0 unspecified atom stereocenters. The van der Waals surface area contributed by atoms with E-state index in [1.165, 1.54) is 24.3 Å². The number of hydrogen-bond acceptors (Lipinski definition) is 0. The zero-order valence-electron chi connectivity index (χ0n) is 47.1. The second kappa shape index (κ2) is 17.2. The van der Waals surface area contributed by atoms with Crippen LogP contribution in [0.1, 0.15) is 105 Å². The molecule has 0 aliphatic carbocycles. The predicted molar refractivity (Wildman–Crippen MR) is 312 cm³/mol. The van der Waals surface area contributed by atoms with Crippen LogP contribution in [0.3, 0.4) is 0 Å². The number of benzene rings is 9. The minimum atomic E-state index is -2.29. The highest BCUT2D eigenvalue weighted by atomic mass is 19.2. The van der Waals surface area contributed by atoms with Gasteiger partial charge in [-0.3, -0.25) is 0 Å². The number of rotatable bonds is 4. The van der Waals surface area contributed by atoms with Crippen molar-refractivity contribution in [2.24, 2.45) is 0 Å². The van der Waals surface area contributed by atoms with Gasteiger partial charge in [0.1, 0.15) is 0 Å². The van der Waals surface area contributed by atoms with Gasteiger partial charge < -0.3 is 8.80 Å². The summed E-state index contributed by atoms with van der Waals surface area (Å²) < 4.78 is 159. The van der Waals surface area contributed by atoms with Crippen molar-refractivity contribution in [1.82, 2.24) is 8.80 Å². The highest BCUT2D eigenvalue weighted by Gasteiger charge is 2.35. The fraction of sp³-hybridized carbons (Fsp3) is 0.229. The molecule has 12 heteroatoms. The van der Waals surface area contributed by atoms with Crippen molar-refractivity contribution in [3.8, 4) is 44.5 Å². The number of fused-ring (bicyclic) bond motifs is 14. The Kier molecular flexibility index (Phi) is 11.2. The van der Waals surface area contributed by atoms with E-state index in [9.17, 15) is 8.78 Å². The number of nitrogens with zero attached hydrogens (tertiary/aromatic N) is 2. The standard InChI is InChI=1S/C70H54F10N2/c1-67(2,3)35-23-33(24-36(29-35)68(4,5)6)39-15-13-17-41-49-51-44-28-32(48-55(73)59(77)62(80)60(78)56(48)74)20-22-46(44)82-64-40(34-25-37(69(7,8)9)30-38(26-34)70(10,11)12)16-14-18-42(64)50(66(51)82)52-43-27-31(19-21-45(43)81(63(39)41)65(49)52)47-53(71)57(75)61(79)58(76)54(47)72/h13-30H,1-12H3. The summed E-state index contributed by atoms with van der Waals surface area (Å²) >= 11 is 0. The Morgan fingerprint density at radius 2 is 0.549 bits per heavy atom. The third-order valence-corrected chi connectivity index (χ3v) is 16.9. The van der Waals surface area contributed by atoms with Crippen LogP contribution < -0.4 is 0 Å². The Bertz CT molecular complexity index is 4520. The molecule has 0 atom stereocenters. The van der Waals surface area contributed by atoms with Gasteiger partial charge in [-0.25, -0.2) is 43.9 Å². The lowest BCUT2D eigenvalue weighted by atomic mass is 9.78. The van der Waals surface area contributed by atoms with Gasteiger partial charge in [-0.2, -0.15) is 0 Å². The Morgan fingerprint density at radius 3 is 0.841 bits per heavy atom. The number of halogens is 10. The zero-order chi connectivity index (χ0) is 58.7. The molecule has 0 radical (unpaired) electrons. The third kappa shape index (κ3) is 7.34. The summed E-state index contributed by atoms with van der Waals surface area (Å²) in [4.78, 5) is 0. The van der Waals surface area contributed by atoms with Gasteiger partial charge in [-0.1, -0.05) is 168 Å². The lowest BCUT2D eigenvalue weighted by Gasteiger charge is -2.26. The van der Waals surface area contributed by atoms with E-state index in [1.807, 2.05) is 36.4 Å². The monoisotopic (exact) mass is 1110 g/mol. The number of aromatic nitrogens is 2. The first kappa shape index (κ1) is 53.2. The van der Waals surface area contributed by atoms with Crippen LogP contribution in [0.2, 0.25) is 0 Å². The van der Waals surface area contributed by atoms with Crippen molar-refractivity contribution in [3.05, 3.63) is 190 Å². The van der Waals surface area contributed by atoms with Crippen LogP contribution in [0, 0.1) is 58.2 Å². The number of hydrogen-bond donors (Lipinski definition) is 0. The minimum absolute atomic E-state index is 0.274. The van der Waals surface area contributed by atoms with E-state index in [-0.39, 0.29) is 32.8 Å². The molecular formula is C70H54F10N2. The van der Waals surface area contributed by atoms with Crippen LogP contribution in [0.4, 0.5) is 43.9 Å². The molecule has 0 spiro atoms. The molecule has 0 saturated carbocycles. The molecule has 4 aromatic heterocycles. The van der Waals surface area contributed by atoms with E-state index in [1.54, 1.807) is 12.1 Å². The summed E-state index contributed by atoms with van der Waals surface area (Å²) in [6.45, 7) is 25.6. The summed E-state index contributed by atoms with van der Waals surface area (Å²) in [5, 5.41) is 4.66. The van der Waals surface area contributed by atoms with E-state index >= 15 is 35.1 Å². The maximum absolute atomic E-state index is 16.1. The molecule has 13 aromatic rings. The second-order valence-electron chi connectivity index (χ2n) is 26.2. The Morgan fingerprint density at radius 1 is 0.268 bits per heavy atom. The average Bonchev–Trinajstić information content (AvgIpc) is 2.25. The summed E-state index contributed by atoms with van der Waals surface area (Å²) in [6, 6.07) is 33.7. The predicted octanol–water partition coefficient (Wildman–Crippen LogP) is 21.2. The van der Waals surface area contributed by atoms with E-state index in [0.717, 1.165) is 55.3 Å². The molecule has 0 aliphatic heterocycles. The minimum Gasteiger partial charge on any atom is -0.307 e. The van der Waals surface area contributed by atoms with Crippen molar-refractivity contribution >= 4 is 76.2 Å². The zero-order valence-corrected chi connectivity index (χ0v) is 47.1. The molecule has 414 valence electrons. The molecule has 2 nitrogen and oxygen atoms in total. The largest absolute Gasteiger partial charge is 0.307 e. The second-order valence-corrected chi connectivity index (χ2v) is 26.2. The molecule has 0 bridgehead atoms. The smallest absolute Gasteiger partial charge is 0.200 e. The fourth-order valence-electron chi connectivity index (χ4n) is 12.6. The molecule has 4 heterocycles. The van der Waals surface area contributed by atoms with Gasteiger partial charge in [0.15, 0.2) is 46.5 Å². The van der Waals surface area contributed by atoms with E-state index in [4.69, 9.17) is 0 Å². The molecule has 9 aromatic carbocycles. The van der Waals surface area contributed by atoms with Gasteiger partial charge in [-0.15, -0.1) is 0 Å². The molecule has 0 fully saturated rings. The maximum Gasteiger partial charge on any atom is 0.200 e. The third-order valence-electron chi connectivity index (χ3n) is 16.9. The maximum atomic E-state index is 16.1. The van der Waals surface area contributed by atoms with Gasteiger partial charge in [0.05, 0.1) is 44.2 Å². The highest BCUT2D eigenvalue weighted by molar-refractivity contribution is 6.46. The summed E-state index contributed by atoms with van der Waals surface area (Å²) in [5.74, 6) is -20.9. The topological polar surface area (TPSA) is 8.82 Å². The molecule has 0 amide bonds. The molecular weight excluding hydrogens is 1060 g/mol. The van der Waals surface area contributed by atoms with Crippen LogP contribution in [0.5, 0.6) is 0 Å². The summed E-state index contributed by atoms with van der Waals surface area (Å²) in [7, 11) is 0. The van der Waals surface area contributed by atoms with Crippen LogP contribution in [0.15, 0.2) is 109 Å². The van der Waals surface area contributed by atoms with Crippen LogP contribution >= 0.6 is 0 Å². The van der Waals surface area contributed by atoms with Gasteiger partial charge in [0.2, 0.25) is 11.6 Å². The molecule has 0 saturated heterocycles. The lowest BCUT2D eigenvalue weighted by molar-refractivity contribution is 0.381. The summed E-state index contributed by atoms with van der Waals surface area (Å²) in [5.41, 5.74) is 7.29. The first-order valence-corrected chi connectivity index (χ1v) is 27.2. The van der Waals surface area contributed by atoms with Crippen molar-refractivity contribution < 1.29 is 43.9 Å². The van der Waals surface area contributed by atoms with Crippen molar-refractivity contribution in [1.29, 1.82) is 0 Å². The SMILES string of the molecule is CC(C)(C)c1cc(-c2cccc3c4c5c6cc(-c7c(F)c(F)c(F)c(F)c7F)ccc6n6c7c(-c8cc(C(C)(C)C)cc(C(C)(C)C)c8)cccc7c(c7c8cc(-c9c(F)c(F)c(F)c(F)c9F)ccc8n(c23)c74)c56)cc(C(C)(C)C)c1. The number of para-hydroxylation sites is 2. The Hall–Kier alpha value is -8.12. The van der Waals surface area contributed by atoms with E-state index in [0.29, 0.717) is 65.4 Å². The molecule has 0 aliphatic rings. The van der Waals surface area contributed by atoms with Crippen molar-refractivity contribution in [2.45, 2.75) is 105 Å². The molecule has 82 heavy (non-hydrogen) atoms. The average molecular weight is 1110 g/mol. The molecule has 0 N–H and O–H groups in total. The van der Waals surface area contributed by atoms with Crippen molar-refractivity contribution in [3.63, 3.8) is 0 Å².